The highest BCUT2D eigenvalue weighted by molar-refractivity contribution is 4.84. The van der Waals surface area contributed by atoms with E-state index < -0.39 is 0 Å². The van der Waals surface area contributed by atoms with Crippen LogP contribution in [0.4, 0.5) is 0 Å². The minimum absolute atomic E-state index is 0.271. The zero-order valence-electron chi connectivity index (χ0n) is 20.4. The van der Waals surface area contributed by atoms with Gasteiger partial charge in [0.2, 0.25) is 0 Å². The average molecular weight is 422 g/mol. The molecule has 0 aromatic rings. The van der Waals surface area contributed by atoms with Crippen LogP contribution in [0, 0.1) is 0 Å². The van der Waals surface area contributed by atoms with Crippen LogP contribution in [0.15, 0.2) is 24.6 Å². The maximum atomic E-state index is 9.39. The Morgan fingerprint density at radius 2 is 1.30 bits per heavy atom. The summed E-state index contributed by atoms with van der Waals surface area (Å²) in [5.74, 6) is 0. The van der Waals surface area contributed by atoms with Gasteiger partial charge in [-0.25, -0.2) is 0 Å². The van der Waals surface area contributed by atoms with Gasteiger partial charge in [0.1, 0.15) is 12.7 Å². The number of nitrogens with zero attached hydrogens (tertiary/aromatic N) is 1. The molecule has 2 unspecified atom stereocenters. The van der Waals surface area contributed by atoms with Gasteiger partial charge < -0.3 is 10.4 Å². The largest absolute Gasteiger partial charge is 0.390 e. The van der Waals surface area contributed by atoms with Gasteiger partial charge in [-0.05, 0) is 32.6 Å². The Labute approximate surface area is 188 Å². The van der Waals surface area contributed by atoms with Crippen molar-refractivity contribution in [1.29, 1.82) is 0 Å². The molecule has 2 N–H and O–H groups in total. The Hall–Kier alpha value is -0.800. The molecule has 1 aliphatic heterocycles. The second kappa shape index (κ2) is 18.9. The summed E-state index contributed by atoms with van der Waals surface area (Å²) >= 11 is 0. The monoisotopic (exact) mass is 421 g/mol. The summed E-state index contributed by atoms with van der Waals surface area (Å²) in [7, 11) is 0. The molecule has 2 atom stereocenters. The van der Waals surface area contributed by atoms with Crippen molar-refractivity contribution >= 4 is 0 Å². The predicted molar refractivity (Wildman–Crippen MR) is 132 cm³/mol. The van der Waals surface area contributed by atoms with E-state index in [2.05, 4.69) is 43.7 Å². The molecule has 1 aliphatic rings. The Kier molecular flexibility index (Phi) is 17.2. The van der Waals surface area contributed by atoms with Crippen LogP contribution in [0.1, 0.15) is 123 Å². The molecule has 30 heavy (non-hydrogen) atoms. The number of likely N-dealkylation sites (N-methyl/N-ethyl adjacent to an activating group) is 1. The lowest BCUT2D eigenvalue weighted by Gasteiger charge is -2.36. The van der Waals surface area contributed by atoms with Crippen LogP contribution in [0.2, 0.25) is 0 Å². The third kappa shape index (κ3) is 12.2. The van der Waals surface area contributed by atoms with Gasteiger partial charge in [0.25, 0.3) is 0 Å². The summed E-state index contributed by atoms with van der Waals surface area (Å²) in [6.07, 6.45) is 32.9. The molecule has 1 heterocycles. The number of nitrogens with one attached hydrogen (secondary N) is 1. The molecule has 0 aromatic heterocycles. The zero-order chi connectivity index (χ0) is 21.8. The number of allylic oxidation sites excluding steroid dienone is 2. The Morgan fingerprint density at radius 3 is 1.83 bits per heavy atom. The van der Waals surface area contributed by atoms with Gasteiger partial charge >= 0.3 is 0 Å². The molecular weight excluding hydrogens is 368 g/mol. The molecule has 3 heteroatoms. The highest BCUT2D eigenvalue weighted by atomic mass is 16.3. The first-order valence-electron chi connectivity index (χ1n) is 13.3. The SMILES string of the molecule is CCC/C=C/CCCCCCCCCCCCCCCC1NC=C[N+]1(CC)CCO. The van der Waals surface area contributed by atoms with Crippen LogP contribution in [0.5, 0.6) is 0 Å². The van der Waals surface area contributed by atoms with Crippen molar-refractivity contribution in [2.75, 3.05) is 19.7 Å². The molecule has 0 bridgehead atoms. The lowest BCUT2D eigenvalue weighted by molar-refractivity contribution is -0.900. The van der Waals surface area contributed by atoms with E-state index in [1.54, 1.807) is 0 Å². The van der Waals surface area contributed by atoms with Gasteiger partial charge in [-0.1, -0.05) is 96.1 Å². The van der Waals surface area contributed by atoms with Crippen molar-refractivity contribution in [2.45, 2.75) is 129 Å². The van der Waals surface area contributed by atoms with Crippen molar-refractivity contribution in [3.05, 3.63) is 24.6 Å². The maximum absolute atomic E-state index is 9.39. The predicted octanol–water partition coefficient (Wildman–Crippen LogP) is 7.42. The van der Waals surface area contributed by atoms with Crippen LogP contribution in [0.3, 0.4) is 0 Å². The van der Waals surface area contributed by atoms with Crippen molar-refractivity contribution in [3.63, 3.8) is 0 Å². The van der Waals surface area contributed by atoms with Crippen LogP contribution < -0.4 is 5.32 Å². The molecule has 0 spiro atoms. The standard InChI is InChI=1S/C27H53N2O/c1-3-5-6-7-8-9-10-11-12-13-14-15-16-17-18-19-20-21-22-27-28-23-24-29(27,4-2)25-26-30/h6-7,23-24,27-28,30H,3-5,8-22,25-26H2,1-2H3/q+1/b7-6+. The number of hydrogen-bond acceptors (Lipinski definition) is 2. The number of rotatable bonds is 21. The third-order valence-corrected chi connectivity index (χ3v) is 6.86. The van der Waals surface area contributed by atoms with Crippen LogP contribution in [-0.4, -0.2) is 35.5 Å². The molecule has 0 fully saturated rings. The minimum atomic E-state index is 0.271. The summed E-state index contributed by atoms with van der Waals surface area (Å²) in [5.41, 5.74) is 0. The first-order chi connectivity index (χ1) is 14.8. The van der Waals surface area contributed by atoms with E-state index in [9.17, 15) is 5.11 Å². The number of quaternary nitrogens is 1. The van der Waals surface area contributed by atoms with Gasteiger partial charge in [-0.15, -0.1) is 0 Å². The second-order valence-corrected chi connectivity index (χ2v) is 9.30. The first kappa shape index (κ1) is 27.2. The van der Waals surface area contributed by atoms with E-state index in [0.29, 0.717) is 6.17 Å². The molecular formula is C27H53N2O+. The average Bonchev–Trinajstić information content (AvgIpc) is 3.16. The van der Waals surface area contributed by atoms with Gasteiger partial charge in [0.05, 0.1) is 19.4 Å². The van der Waals surface area contributed by atoms with Gasteiger partial charge in [0.15, 0.2) is 6.17 Å². The lowest BCUT2D eigenvalue weighted by atomic mass is 10.0. The van der Waals surface area contributed by atoms with E-state index in [-0.39, 0.29) is 6.61 Å². The fraction of sp³-hybridized carbons (Fsp3) is 0.852. The van der Waals surface area contributed by atoms with Crippen LogP contribution >= 0.6 is 0 Å². The van der Waals surface area contributed by atoms with Crippen molar-refractivity contribution in [1.82, 2.24) is 5.32 Å². The van der Waals surface area contributed by atoms with E-state index in [4.69, 9.17) is 0 Å². The Morgan fingerprint density at radius 1 is 0.767 bits per heavy atom. The maximum Gasteiger partial charge on any atom is 0.166 e. The summed E-state index contributed by atoms with van der Waals surface area (Å²) in [6.45, 7) is 6.64. The topological polar surface area (TPSA) is 32.3 Å². The van der Waals surface area contributed by atoms with Gasteiger partial charge in [0, 0.05) is 6.42 Å². The van der Waals surface area contributed by atoms with Crippen LogP contribution in [-0.2, 0) is 0 Å². The van der Waals surface area contributed by atoms with Crippen molar-refractivity contribution < 1.29 is 9.59 Å². The van der Waals surface area contributed by atoms with Crippen molar-refractivity contribution in [3.8, 4) is 0 Å². The van der Waals surface area contributed by atoms with E-state index in [1.165, 1.54) is 109 Å². The second-order valence-electron chi connectivity index (χ2n) is 9.30. The minimum Gasteiger partial charge on any atom is -0.390 e. The van der Waals surface area contributed by atoms with E-state index in [0.717, 1.165) is 17.6 Å². The molecule has 3 nitrogen and oxygen atoms in total. The summed E-state index contributed by atoms with van der Waals surface area (Å²) in [4.78, 5) is 0. The lowest BCUT2D eigenvalue weighted by Crippen LogP contribution is -2.54. The van der Waals surface area contributed by atoms with E-state index in [1.807, 2.05) is 0 Å². The molecule has 0 aromatic carbocycles. The van der Waals surface area contributed by atoms with Gasteiger partial charge in [-0.3, -0.25) is 4.48 Å². The Bertz CT molecular complexity index is 435. The number of aliphatic hydroxyl groups excluding tert-OH is 1. The van der Waals surface area contributed by atoms with Gasteiger partial charge in [-0.2, -0.15) is 0 Å². The molecule has 0 aliphatic carbocycles. The molecule has 176 valence electrons. The smallest absolute Gasteiger partial charge is 0.166 e. The number of aliphatic hydroxyl groups is 1. The molecule has 0 saturated carbocycles. The number of hydrogen-bond donors (Lipinski definition) is 2. The first-order valence-corrected chi connectivity index (χ1v) is 13.3. The third-order valence-electron chi connectivity index (χ3n) is 6.86. The highest BCUT2D eigenvalue weighted by Gasteiger charge is 2.35. The fourth-order valence-electron chi connectivity index (χ4n) is 4.74. The molecule has 0 saturated heterocycles. The summed E-state index contributed by atoms with van der Waals surface area (Å²) < 4.78 is 0.909. The van der Waals surface area contributed by atoms with Crippen LogP contribution in [0.25, 0.3) is 0 Å². The molecule has 1 rings (SSSR count). The highest BCUT2D eigenvalue weighted by Crippen LogP contribution is 2.23. The molecule has 0 radical (unpaired) electrons. The quantitative estimate of drug-likeness (QED) is 0.115. The zero-order valence-corrected chi connectivity index (χ0v) is 20.4. The number of unbranched alkanes of at least 4 members (excludes halogenated alkanes) is 14. The fourth-order valence-corrected chi connectivity index (χ4v) is 4.74. The summed E-state index contributed by atoms with van der Waals surface area (Å²) in [6, 6.07) is 0. The normalized spacial score (nSPS) is 21.0. The summed E-state index contributed by atoms with van der Waals surface area (Å²) in [5, 5.41) is 12.9. The Balaban J connectivity index is 1.83. The molecule has 0 amide bonds. The van der Waals surface area contributed by atoms with Crippen molar-refractivity contribution in [2.24, 2.45) is 0 Å². The van der Waals surface area contributed by atoms with E-state index >= 15 is 0 Å².